The van der Waals surface area contributed by atoms with Gasteiger partial charge < -0.3 is 4.74 Å². The van der Waals surface area contributed by atoms with E-state index in [0.717, 1.165) is 21.9 Å². The molecule has 0 fully saturated rings. The molecule has 5 heteroatoms. The Morgan fingerprint density at radius 1 is 0.667 bits per heavy atom. The van der Waals surface area contributed by atoms with Crippen molar-refractivity contribution in [3.8, 4) is 16.9 Å². The molecule has 4 rings (SSSR count). The molecule has 148 valence electrons. The summed E-state index contributed by atoms with van der Waals surface area (Å²) >= 11 is 0. The van der Waals surface area contributed by atoms with E-state index in [1.165, 1.54) is 0 Å². The first-order valence-electron chi connectivity index (χ1n) is 9.55. The fourth-order valence-corrected chi connectivity index (χ4v) is 3.09. The molecule has 0 saturated carbocycles. The first kappa shape index (κ1) is 19.2. The van der Waals surface area contributed by atoms with E-state index in [9.17, 15) is 9.59 Å². The lowest BCUT2D eigenvalue weighted by Crippen LogP contribution is -2.43. The maximum Gasteiger partial charge on any atom is 0.276 e. The largest absolute Gasteiger partial charge is 0.484 e. The van der Waals surface area contributed by atoms with Gasteiger partial charge in [-0.15, -0.1) is 0 Å². The number of carbonyl (C=O) groups is 2. The summed E-state index contributed by atoms with van der Waals surface area (Å²) in [4.78, 5) is 24.3. The molecular formula is C25H20N2O3. The van der Waals surface area contributed by atoms with E-state index in [-0.39, 0.29) is 6.61 Å². The van der Waals surface area contributed by atoms with Crippen molar-refractivity contribution in [2.75, 3.05) is 6.61 Å². The van der Waals surface area contributed by atoms with E-state index < -0.39 is 11.8 Å². The zero-order valence-electron chi connectivity index (χ0n) is 16.2. The molecular weight excluding hydrogens is 376 g/mol. The minimum atomic E-state index is -0.447. The van der Waals surface area contributed by atoms with Crippen LogP contribution in [0.5, 0.6) is 5.75 Å². The van der Waals surface area contributed by atoms with Crippen molar-refractivity contribution < 1.29 is 14.3 Å². The average Bonchev–Trinajstić information content (AvgIpc) is 2.81. The van der Waals surface area contributed by atoms with Crippen LogP contribution in [0.1, 0.15) is 10.4 Å². The Morgan fingerprint density at radius 2 is 1.33 bits per heavy atom. The van der Waals surface area contributed by atoms with Gasteiger partial charge >= 0.3 is 0 Å². The van der Waals surface area contributed by atoms with Gasteiger partial charge in [-0.1, -0.05) is 72.8 Å². The van der Waals surface area contributed by atoms with Crippen LogP contribution in [-0.4, -0.2) is 18.4 Å². The summed E-state index contributed by atoms with van der Waals surface area (Å²) in [5.41, 5.74) is 7.31. The summed E-state index contributed by atoms with van der Waals surface area (Å²) < 4.78 is 5.52. The van der Waals surface area contributed by atoms with Crippen LogP contribution < -0.4 is 15.6 Å². The number of nitrogens with one attached hydrogen (secondary N) is 2. The Morgan fingerprint density at radius 3 is 2.10 bits per heavy atom. The fourth-order valence-electron chi connectivity index (χ4n) is 3.09. The van der Waals surface area contributed by atoms with Gasteiger partial charge in [-0.25, -0.2) is 0 Å². The van der Waals surface area contributed by atoms with Crippen LogP contribution in [0.3, 0.4) is 0 Å². The van der Waals surface area contributed by atoms with Crippen molar-refractivity contribution >= 4 is 22.6 Å². The van der Waals surface area contributed by atoms with Crippen molar-refractivity contribution in [2.45, 2.75) is 0 Å². The normalized spacial score (nSPS) is 10.4. The van der Waals surface area contributed by atoms with Gasteiger partial charge in [0.05, 0.1) is 0 Å². The number of benzene rings is 4. The first-order chi connectivity index (χ1) is 14.7. The smallest absolute Gasteiger partial charge is 0.276 e. The van der Waals surface area contributed by atoms with Crippen molar-refractivity contribution in [2.24, 2.45) is 0 Å². The minimum Gasteiger partial charge on any atom is -0.484 e. The lowest BCUT2D eigenvalue weighted by molar-refractivity contribution is -0.123. The Hall–Kier alpha value is -4.12. The van der Waals surface area contributed by atoms with E-state index in [1.54, 1.807) is 12.1 Å². The van der Waals surface area contributed by atoms with Gasteiger partial charge in [0, 0.05) is 5.56 Å². The third-order valence-corrected chi connectivity index (χ3v) is 4.66. The Kier molecular flexibility index (Phi) is 5.71. The summed E-state index contributed by atoms with van der Waals surface area (Å²) in [6.45, 7) is -0.203. The average molecular weight is 396 g/mol. The van der Waals surface area contributed by atoms with Crippen LogP contribution in [0.15, 0.2) is 97.1 Å². The van der Waals surface area contributed by atoms with E-state index in [4.69, 9.17) is 4.74 Å². The standard InChI is InChI=1S/C25H20N2O3/c28-24(17-30-23-15-14-19-8-4-5-9-22(19)16-23)26-27-25(29)21-12-10-20(11-13-21)18-6-2-1-3-7-18/h1-16H,17H2,(H,26,28)(H,27,29). The molecule has 0 aliphatic heterocycles. The van der Waals surface area contributed by atoms with E-state index >= 15 is 0 Å². The molecule has 0 aromatic heterocycles. The number of carbonyl (C=O) groups excluding carboxylic acids is 2. The maximum atomic E-state index is 12.3. The fraction of sp³-hybridized carbons (Fsp3) is 0.0400. The Labute approximate surface area is 174 Å². The van der Waals surface area contributed by atoms with E-state index in [0.29, 0.717) is 11.3 Å². The lowest BCUT2D eigenvalue weighted by Gasteiger charge is -2.10. The van der Waals surface area contributed by atoms with Gasteiger partial charge in [0.15, 0.2) is 6.61 Å². The van der Waals surface area contributed by atoms with Gasteiger partial charge in [-0.2, -0.15) is 0 Å². The van der Waals surface area contributed by atoms with Gasteiger partial charge in [-0.3, -0.25) is 20.4 Å². The van der Waals surface area contributed by atoms with Gasteiger partial charge in [-0.05, 0) is 46.2 Å². The second kappa shape index (κ2) is 8.92. The van der Waals surface area contributed by atoms with E-state index in [1.807, 2.05) is 84.9 Å². The van der Waals surface area contributed by atoms with Crippen molar-refractivity contribution in [3.63, 3.8) is 0 Å². The number of hydrogen-bond donors (Lipinski definition) is 2. The molecule has 0 bridgehead atoms. The lowest BCUT2D eigenvalue weighted by atomic mass is 10.0. The zero-order chi connectivity index (χ0) is 20.8. The molecule has 2 N–H and O–H groups in total. The molecule has 0 aliphatic rings. The van der Waals surface area contributed by atoms with Crippen LogP contribution in [0.4, 0.5) is 0 Å². The predicted octanol–water partition coefficient (Wildman–Crippen LogP) is 4.35. The highest BCUT2D eigenvalue weighted by Crippen LogP contribution is 2.21. The molecule has 4 aromatic rings. The highest BCUT2D eigenvalue weighted by molar-refractivity contribution is 5.96. The summed E-state index contributed by atoms with van der Waals surface area (Å²) in [6, 6.07) is 30.6. The number of hydrogen-bond acceptors (Lipinski definition) is 3. The molecule has 0 radical (unpaired) electrons. The molecule has 0 unspecified atom stereocenters. The van der Waals surface area contributed by atoms with Crippen LogP contribution in [0.2, 0.25) is 0 Å². The third kappa shape index (κ3) is 4.64. The van der Waals surface area contributed by atoms with Crippen LogP contribution in [-0.2, 0) is 4.79 Å². The second-order valence-electron chi connectivity index (χ2n) is 6.74. The molecule has 0 heterocycles. The number of fused-ring (bicyclic) bond motifs is 1. The number of amides is 2. The number of rotatable bonds is 5. The summed E-state index contributed by atoms with van der Waals surface area (Å²) in [7, 11) is 0. The zero-order valence-corrected chi connectivity index (χ0v) is 16.2. The molecule has 4 aromatic carbocycles. The van der Waals surface area contributed by atoms with Crippen LogP contribution in [0.25, 0.3) is 21.9 Å². The monoisotopic (exact) mass is 396 g/mol. The highest BCUT2D eigenvalue weighted by atomic mass is 16.5. The second-order valence-corrected chi connectivity index (χ2v) is 6.74. The quantitative estimate of drug-likeness (QED) is 0.493. The molecule has 5 nitrogen and oxygen atoms in total. The topological polar surface area (TPSA) is 67.4 Å². The molecule has 2 amide bonds. The predicted molar refractivity (Wildman–Crippen MR) is 117 cm³/mol. The first-order valence-corrected chi connectivity index (χ1v) is 9.55. The Bertz CT molecular complexity index is 1170. The Balaban J connectivity index is 1.28. The van der Waals surface area contributed by atoms with Crippen LogP contribution in [0, 0.1) is 0 Å². The number of ether oxygens (including phenoxy) is 1. The van der Waals surface area contributed by atoms with Crippen molar-refractivity contribution in [1.29, 1.82) is 0 Å². The molecule has 0 spiro atoms. The molecule has 0 atom stereocenters. The molecule has 0 saturated heterocycles. The SMILES string of the molecule is O=C(COc1ccc2ccccc2c1)NNC(=O)c1ccc(-c2ccccc2)cc1. The summed E-state index contributed by atoms with van der Waals surface area (Å²) in [5, 5.41) is 2.13. The van der Waals surface area contributed by atoms with Gasteiger partial charge in [0.25, 0.3) is 11.8 Å². The van der Waals surface area contributed by atoms with E-state index in [2.05, 4.69) is 10.9 Å². The number of hydrazine groups is 1. The maximum absolute atomic E-state index is 12.3. The van der Waals surface area contributed by atoms with Gasteiger partial charge in [0.1, 0.15) is 5.75 Å². The summed E-state index contributed by atoms with van der Waals surface area (Å²) in [5.74, 6) is -0.252. The highest BCUT2D eigenvalue weighted by Gasteiger charge is 2.09. The molecule has 0 aliphatic carbocycles. The summed E-state index contributed by atoms with van der Waals surface area (Å²) in [6.07, 6.45) is 0. The van der Waals surface area contributed by atoms with Crippen molar-refractivity contribution in [3.05, 3.63) is 103 Å². The van der Waals surface area contributed by atoms with Gasteiger partial charge in [0.2, 0.25) is 0 Å². The minimum absolute atomic E-state index is 0.203. The molecule has 30 heavy (non-hydrogen) atoms. The van der Waals surface area contributed by atoms with Crippen molar-refractivity contribution in [1.82, 2.24) is 10.9 Å². The third-order valence-electron chi connectivity index (χ3n) is 4.66. The van der Waals surface area contributed by atoms with Crippen LogP contribution >= 0.6 is 0 Å².